The normalized spacial score (nSPS) is 10.7. The van der Waals surface area contributed by atoms with Crippen molar-refractivity contribution in [3.05, 3.63) is 23.7 Å². The first-order valence-corrected chi connectivity index (χ1v) is 4.01. The van der Waals surface area contributed by atoms with Crippen molar-refractivity contribution in [1.82, 2.24) is 13.6 Å². The van der Waals surface area contributed by atoms with Crippen molar-refractivity contribution in [2.75, 3.05) is 0 Å². The molecule has 0 aromatic rings. The first-order valence-electron chi connectivity index (χ1n) is 2.93. The molecule has 0 aliphatic carbocycles. The molecular weight excluding hydrogens is 229 g/mol. The molecule has 0 N–H and O–H groups in total. The fraction of sp³-hybridized carbons (Fsp3) is 0. The standard InChI is InChI=1S/C6H3BrClN3/c7-11-3-10-5(8)4-1-2-9-6(4)11/h1-3H. The number of halogens is 2. The van der Waals surface area contributed by atoms with Gasteiger partial charge in [-0.25, -0.2) is 13.6 Å². The lowest BCUT2D eigenvalue weighted by atomic mass is 10.3. The molecular formula is C6H3BrClN3. The van der Waals surface area contributed by atoms with Crippen molar-refractivity contribution >= 4 is 27.7 Å². The van der Waals surface area contributed by atoms with Crippen LogP contribution >= 0.6 is 27.7 Å². The maximum Gasteiger partial charge on any atom is 0.154 e. The highest BCUT2D eigenvalue weighted by Gasteiger charge is 2.11. The zero-order valence-corrected chi connectivity index (χ0v) is 7.67. The quantitative estimate of drug-likeness (QED) is 0.652. The summed E-state index contributed by atoms with van der Waals surface area (Å²) in [4.78, 5) is 7.99. The lowest BCUT2D eigenvalue weighted by Crippen LogP contribution is -1.93. The average Bonchev–Trinajstić information content (AvgIpc) is 2.45. The summed E-state index contributed by atoms with van der Waals surface area (Å²) in [7, 11) is 0. The van der Waals surface area contributed by atoms with Crippen LogP contribution in [0.15, 0.2) is 18.6 Å². The Morgan fingerprint density at radius 3 is 3.00 bits per heavy atom. The van der Waals surface area contributed by atoms with Gasteiger partial charge in [0, 0.05) is 6.20 Å². The van der Waals surface area contributed by atoms with Gasteiger partial charge >= 0.3 is 0 Å². The molecule has 11 heavy (non-hydrogen) atoms. The highest BCUT2D eigenvalue weighted by Crippen LogP contribution is 2.26. The number of hydrogen-bond acceptors (Lipinski definition) is 2. The van der Waals surface area contributed by atoms with E-state index in [0.717, 1.165) is 11.4 Å². The summed E-state index contributed by atoms with van der Waals surface area (Å²) in [5.74, 6) is 0.782. The second-order valence-corrected chi connectivity index (χ2v) is 3.15. The number of rotatable bonds is 0. The Labute approximate surface area is 76.7 Å². The summed E-state index contributed by atoms with van der Waals surface area (Å²) in [5, 5.41) is 0.480. The molecule has 0 bridgehead atoms. The first-order chi connectivity index (χ1) is 5.29. The van der Waals surface area contributed by atoms with Crippen LogP contribution in [0, 0.1) is 0 Å². The first kappa shape index (κ1) is 7.06. The highest BCUT2D eigenvalue weighted by atomic mass is 79.9. The Kier molecular flexibility index (Phi) is 1.58. The molecule has 0 saturated carbocycles. The maximum atomic E-state index is 5.79. The predicted molar refractivity (Wildman–Crippen MR) is 46.0 cm³/mol. The molecule has 0 aromatic carbocycles. The predicted octanol–water partition coefficient (Wildman–Crippen LogP) is 2.19. The molecule has 2 rings (SSSR count). The third kappa shape index (κ3) is 1.02. The van der Waals surface area contributed by atoms with Crippen LogP contribution in [0.5, 0.6) is 0 Å². The van der Waals surface area contributed by atoms with E-state index in [2.05, 4.69) is 26.1 Å². The second-order valence-electron chi connectivity index (χ2n) is 2.03. The lowest BCUT2D eigenvalue weighted by molar-refractivity contribution is 1.09. The van der Waals surface area contributed by atoms with Gasteiger partial charge in [-0.05, 0) is 6.07 Å². The van der Waals surface area contributed by atoms with Gasteiger partial charge < -0.3 is 0 Å². The van der Waals surface area contributed by atoms with Crippen LogP contribution in [0.1, 0.15) is 0 Å². The summed E-state index contributed by atoms with van der Waals surface area (Å²) in [5.41, 5.74) is 0.853. The smallest absolute Gasteiger partial charge is 0.154 e. The fourth-order valence-electron chi connectivity index (χ4n) is 0.883. The van der Waals surface area contributed by atoms with Gasteiger partial charge in [0.15, 0.2) is 5.82 Å². The van der Waals surface area contributed by atoms with Crippen molar-refractivity contribution < 1.29 is 0 Å². The maximum absolute atomic E-state index is 5.79. The van der Waals surface area contributed by atoms with E-state index in [0.29, 0.717) is 5.15 Å². The molecule has 0 atom stereocenters. The van der Waals surface area contributed by atoms with E-state index in [1.165, 1.54) is 0 Å². The second kappa shape index (κ2) is 2.46. The molecule has 56 valence electrons. The minimum absolute atomic E-state index is 0.480. The topological polar surface area (TPSA) is 30.7 Å². The van der Waals surface area contributed by atoms with Crippen LogP contribution in [-0.4, -0.2) is 13.6 Å². The highest BCUT2D eigenvalue weighted by molar-refractivity contribution is 9.08. The Bertz CT molecular complexity index is 326. The number of hydrogen-bond donors (Lipinski definition) is 0. The Morgan fingerprint density at radius 1 is 1.45 bits per heavy atom. The summed E-state index contributed by atoms with van der Waals surface area (Å²) in [6.07, 6.45) is 3.26. The van der Waals surface area contributed by atoms with E-state index in [1.54, 1.807) is 16.1 Å². The Hall–Kier alpha value is -0.610. The van der Waals surface area contributed by atoms with E-state index in [4.69, 9.17) is 11.6 Å². The molecule has 0 aromatic heterocycles. The minimum atomic E-state index is 0.480. The van der Waals surface area contributed by atoms with Gasteiger partial charge in [0.1, 0.15) is 11.5 Å². The van der Waals surface area contributed by atoms with Crippen molar-refractivity contribution in [1.29, 1.82) is 0 Å². The van der Waals surface area contributed by atoms with Crippen molar-refractivity contribution in [2.24, 2.45) is 0 Å². The van der Waals surface area contributed by atoms with Crippen molar-refractivity contribution in [3.8, 4) is 11.4 Å². The van der Waals surface area contributed by atoms with Crippen LogP contribution in [-0.2, 0) is 0 Å². The Balaban J connectivity index is 2.82. The molecule has 2 aliphatic rings. The van der Waals surface area contributed by atoms with Crippen molar-refractivity contribution in [2.45, 2.75) is 0 Å². The summed E-state index contributed by atoms with van der Waals surface area (Å²) < 4.78 is 1.65. The molecule has 3 nitrogen and oxygen atoms in total. The van der Waals surface area contributed by atoms with Crippen LogP contribution in [0.3, 0.4) is 0 Å². The van der Waals surface area contributed by atoms with E-state index >= 15 is 0 Å². The van der Waals surface area contributed by atoms with Crippen molar-refractivity contribution in [3.63, 3.8) is 0 Å². The van der Waals surface area contributed by atoms with Crippen LogP contribution < -0.4 is 0 Å². The van der Waals surface area contributed by atoms with Gasteiger partial charge in [0.2, 0.25) is 0 Å². The number of nitrogens with zero attached hydrogens (tertiary/aromatic N) is 3. The fourth-order valence-corrected chi connectivity index (χ4v) is 1.45. The zero-order chi connectivity index (χ0) is 7.84. The molecule has 0 spiro atoms. The van der Waals surface area contributed by atoms with Crippen LogP contribution in [0.2, 0.25) is 5.15 Å². The summed E-state index contributed by atoms with van der Waals surface area (Å²) >= 11 is 9.03. The molecule has 5 heteroatoms. The van der Waals surface area contributed by atoms with Crippen LogP contribution in [0.4, 0.5) is 0 Å². The monoisotopic (exact) mass is 231 g/mol. The summed E-state index contributed by atoms with van der Waals surface area (Å²) in [6.45, 7) is 0. The summed E-state index contributed by atoms with van der Waals surface area (Å²) in [6, 6.07) is 1.82. The molecule has 0 radical (unpaired) electrons. The molecule has 0 fully saturated rings. The SMILES string of the molecule is Clc1ncn(Br)c2nccc1-2. The molecule has 0 unspecified atom stereocenters. The van der Waals surface area contributed by atoms with E-state index < -0.39 is 0 Å². The molecule has 0 saturated heterocycles. The van der Waals surface area contributed by atoms with Gasteiger partial charge in [-0.15, -0.1) is 0 Å². The molecule has 2 aliphatic heterocycles. The molecule has 0 amide bonds. The van der Waals surface area contributed by atoms with Gasteiger partial charge in [-0.3, -0.25) is 0 Å². The Morgan fingerprint density at radius 2 is 2.27 bits per heavy atom. The average molecular weight is 232 g/mol. The van der Waals surface area contributed by atoms with Gasteiger partial charge in [0.05, 0.1) is 21.7 Å². The lowest BCUT2D eigenvalue weighted by Gasteiger charge is -2.02. The molecule has 2 heterocycles. The van der Waals surface area contributed by atoms with E-state index in [1.807, 2.05) is 6.07 Å². The van der Waals surface area contributed by atoms with Gasteiger partial charge in [-0.2, -0.15) is 0 Å². The third-order valence-corrected chi connectivity index (χ3v) is 2.20. The van der Waals surface area contributed by atoms with E-state index in [9.17, 15) is 0 Å². The minimum Gasteiger partial charge on any atom is -0.249 e. The number of fused-ring (bicyclic) bond motifs is 1. The largest absolute Gasteiger partial charge is 0.249 e. The van der Waals surface area contributed by atoms with Gasteiger partial charge in [-0.1, -0.05) is 11.6 Å². The number of aromatic nitrogens is 3. The zero-order valence-electron chi connectivity index (χ0n) is 5.33. The van der Waals surface area contributed by atoms with E-state index in [-0.39, 0.29) is 0 Å². The van der Waals surface area contributed by atoms with Gasteiger partial charge in [0.25, 0.3) is 0 Å². The third-order valence-electron chi connectivity index (χ3n) is 1.38. The van der Waals surface area contributed by atoms with Crippen LogP contribution in [0.25, 0.3) is 11.4 Å².